The first-order chi connectivity index (χ1) is 11.2. The number of rotatable bonds is 5. The summed E-state index contributed by atoms with van der Waals surface area (Å²) in [5.74, 6) is 0.989. The van der Waals surface area contributed by atoms with Gasteiger partial charge in [-0.15, -0.1) is 15.3 Å². The lowest BCUT2D eigenvalue weighted by Crippen LogP contribution is -2.13. The molecule has 3 aromatic rings. The van der Waals surface area contributed by atoms with E-state index in [1.54, 1.807) is 23.8 Å². The monoisotopic (exact) mass is 375 g/mol. The lowest BCUT2D eigenvalue weighted by molar-refractivity contribution is -0.116. The Morgan fingerprint density at radius 2 is 2.17 bits per heavy atom. The van der Waals surface area contributed by atoms with E-state index in [0.717, 1.165) is 10.2 Å². The molecule has 7 nitrogen and oxygen atoms in total. The number of carbonyl (C=O) groups is 1. The van der Waals surface area contributed by atoms with Crippen LogP contribution in [0.1, 0.15) is 12.2 Å². The first-order valence-electron chi connectivity index (χ1n) is 6.96. The van der Waals surface area contributed by atoms with Gasteiger partial charge in [0, 0.05) is 29.1 Å². The number of fused-ring (bicyclic) bond motifs is 1. The first-order valence-corrected chi connectivity index (χ1v) is 7.76. The summed E-state index contributed by atoms with van der Waals surface area (Å²) in [4.78, 5) is 12.0. The Labute approximate surface area is 140 Å². The number of amides is 1. The highest BCUT2D eigenvalue weighted by atomic mass is 79.9. The molecule has 0 aliphatic heterocycles. The molecule has 0 fully saturated rings. The summed E-state index contributed by atoms with van der Waals surface area (Å²) in [6.07, 6.45) is 0.716. The standard InChI is InChI=1S/C15H14BrN5O2/c1-23-15-8-6-13-19-18-12(21(13)20-15)5-7-14(22)17-11-4-2-3-10(16)9-11/h2-4,6,8-9H,5,7H2,1H3,(H,17,22). The van der Waals surface area contributed by atoms with E-state index >= 15 is 0 Å². The molecular weight excluding hydrogens is 362 g/mol. The second kappa shape index (κ2) is 6.74. The van der Waals surface area contributed by atoms with Gasteiger partial charge in [-0.2, -0.15) is 4.52 Å². The van der Waals surface area contributed by atoms with Crippen LogP contribution < -0.4 is 10.1 Å². The Bertz CT molecular complexity index is 849. The summed E-state index contributed by atoms with van der Waals surface area (Å²) in [5.41, 5.74) is 1.36. The van der Waals surface area contributed by atoms with E-state index in [2.05, 4.69) is 36.5 Å². The highest BCUT2D eigenvalue weighted by molar-refractivity contribution is 9.10. The quantitative estimate of drug-likeness (QED) is 0.740. The topological polar surface area (TPSA) is 81.4 Å². The fourth-order valence-electron chi connectivity index (χ4n) is 2.10. The predicted molar refractivity (Wildman–Crippen MR) is 88.4 cm³/mol. The van der Waals surface area contributed by atoms with Crippen molar-refractivity contribution >= 4 is 33.2 Å². The maximum Gasteiger partial charge on any atom is 0.231 e. The van der Waals surface area contributed by atoms with E-state index in [4.69, 9.17) is 4.74 Å². The Balaban J connectivity index is 1.67. The molecule has 0 aliphatic carbocycles. The van der Waals surface area contributed by atoms with Gasteiger partial charge in [-0.25, -0.2) is 0 Å². The fraction of sp³-hybridized carbons (Fsp3) is 0.200. The molecule has 0 spiro atoms. The predicted octanol–water partition coefficient (Wildman–Crippen LogP) is 2.47. The van der Waals surface area contributed by atoms with Crippen LogP contribution >= 0.6 is 15.9 Å². The number of aromatic nitrogens is 4. The average Bonchev–Trinajstić information content (AvgIpc) is 2.95. The average molecular weight is 376 g/mol. The van der Waals surface area contributed by atoms with E-state index in [1.165, 1.54) is 0 Å². The minimum atomic E-state index is -0.0947. The molecule has 0 radical (unpaired) electrons. The third-order valence-corrected chi connectivity index (χ3v) is 3.69. The van der Waals surface area contributed by atoms with Crippen molar-refractivity contribution in [1.29, 1.82) is 0 Å². The van der Waals surface area contributed by atoms with E-state index in [1.807, 2.05) is 24.3 Å². The number of methoxy groups -OCH3 is 1. The van der Waals surface area contributed by atoms with Crippen molar-refractivity contribution < 1.29 is 9.53 Å². The van der Waals surface area contributed by atoms with Crippen molar-refractivity contribution in [2.24, 2.45) is 0 Å². The van der Waals surface area contributed by atoms with Gasteiger partial charge in [-0.3, -0.25) is 4.79 Å². The fourth-order valence-corrected chi connectivity index (χ4v) is 2.50. The van der Waals surface area contributed by atoms with Gasteiger partial charge in [0.2, 0.25) is 11.8 Å². The van der Waals surface area contributed by atoms with Crippen LogP contribution in [0.2, 0.25) is 0 Å². The molecule has 0 bridgehead atoms. The summed E-state index contributed by atoms with van der Waals surface area (Å²) in [6, 6.07) is 10.9. The summed E-state index contributed by atoms with van der Waals surface area (Å²) in [7, 11) is 1.55. The SMILES string of the molecule is COc1ccc2nnc(CCC(=O)Nc3cccc(Br)c3)n2n1. The molecule has 1 amide bonds. The molecule has 3 rings (SSSR count). The number of nitrogens with one attached hydrogen (secondary N) is 1. The van der Waals surface area contributed by atoms with E-state index < -0.39 is 0 Å². The molecule has 8 heteroatoms. The van der Waals surface area contributed by atoms with Crippen LogP contribution in [-0.4, -0.2) is 32.8 Å². The first kappa shape index (κ1) is 15.4. The van der Waals surface area contributed by atoms with Crippen molar-refractivity contribution in [3.8, 4) is 5.88 Å². The van der Waals surface area contributed by atoms with Gasteiger partial charge >= 0.3 is 0 Å². The highest BCUT2D eigenvalue weighted by Crippen LogP contribution is 2.16. The maximum absolute atomic E-state index is 12.0. The molecule has 0 unspecified atom stereocenters. The molecule has 2 aromatic heterocycles. The molecular formula is C15H14BrN5O2. The molecule has 0 saturated carbocycles. The Morgan fingerprint density at radius 3 is 2.96 bits per heavy atom. The number of carbonyl (C=O) groups excluding carboxylic acids is 1. The molecule has 23 heavy (non-hydrogen) atoms. The minimum Gasteiger partial charge on any atom is -0.480 e. The Morgan fingerprint density at radius 1 is 1.30 bits per heavy atom. The Hall–Kier alpha value is -2.48. The minimum absolute atomic E-state index is 0.0947. The van der Waals surface area contributed by atoms with Gasteiger partial charge < -0.3 is 10.1 Å². The highest BCUT2D eigenvalue weighted by Gasteiger charge is 2.10. The van der Waals surface area contributed by atoms with E-state index in [-0.39, 0.29) is 12.3 Å². The molecule has 118 valence electrons. The normalized spacial score (nSPS) is 10.7. The van der Waals surface area contributed by atoms with Gasteiger partial charge in [0.1, 0.15) is 0 Å². The summed E-state index contributed by atoms with van der Waals surface area (Å²) >= 11 is 3.37. The van der Waals surface area contributed by atoms with Crippen LogP contribution in [0.4, 0.5) is 5.69 Å². The van der Waals surface area contributed by atoms with Crippen molar-refractivity contribution in [2.75, 3.05) is 12.4 Å². The van der Waals surface area contributed by atoms with Crippen molar-refractivity contribution in [2.45, 2.75) is 12.8 Å². The summed E-state index contributed by atoms with van der Waals surface area (Å²) < 4.78 is 7.59. The van der Waals surface area contributed by atoms with Gasteiger partial charge in [0.25, 0.3) is 0 Å². The van der Waals surface area contributed by atoms with E-state index in [9.17, 15) is 4.79 Å². The number of hydrogen-bond donors (Lipinski definition) is 1. The third-order valence-electron chi connectivity index (χ3n) is 3.20. The molecule has 0 atom stereocenters. The number of ether oxygens (including phenoxy) is 1. The molecule has 1 N–H and O–H groups in total. The van der Waals surface area contributed by atoms with Crippen LogP contribution in [0.5, 0.6) is 5.88 Å². The van der Waals surface area contributed by atoms with Crippen LogP contribution in [-0.2, 0) is 11.2 Å². The van der Waals surface area contributed by atoms with Gasteiger partial charge in [-0.05, 0) is 24.3 Å². The van der Waals surface area contributed by atoms with Gasteiger partial charge in [0.15, 0.2) is 11.5 Å². The molecule has 2 heterocycles. The third kappa shape index (κ3) is 3.65. The lowest BCUT2D eigenvalue weighted by Gasteiger charge is -2.05. The van der Waals surface area contributed by atoms with Crippen molar-refractivity contribution in [3.63, 3.8) is 0 Å². The summed E-state index contributed by atoms with van der Waals surface area (Å²) in [5, 5.41) is 15.2. The largest absolute Gasteiger partial charge is 0.480 e. The number of aryl methyl sites for hydroxylation is 1. The number of halogens is 1. The number of hydrogen-bond acceptors (Lipinski definition) is 5. The second-order valence-corrected chi connectivity index (χ2v) is 5.74. The zero-order chi connectivity index (χ0) is 16.2. The van der Waals surface area contributed by atoms with Crippen LogP contribution in [0, 0.1) is 0 Å². The number of anilines is 1. The molecule has 0 saturated heterocycles. The van der Waals surface area contributed by atoms with Crippen LogP contribution in [0.15, 0.2) is 40.9 Å². The van der Waals surface area contributed by atoms with Crippen molar-refractivity contribution in [1.82, 2.24) is 19.8 Å². The lowest BCUT2D eigenvalue weighted by atomic mass is 10.2. The maximum atomic E-state index is 12.0. The Kier molecular flexibility index (Phi) is 4.52. The number of benzene rings is 1. The smallest absolute Gasteiger partial charge is 0.231 e. The zero-order valence-corrected chi connectivity index (χ0v) is 13.9. The van der Waals surface area contributed by atoms with Crippen molar-refractivity contribution in [3.05, 3.63) is 46.7 Å². The van der Waals surface area contributed by atoms with Crippen LogP contribution in [0.25, 0.3) is 5.65 Å². The van der Waals surface area contributed by atoms with E-state index in [0.29, 0.717) is 23.8 Å². The zero-order valence-electron chi connectivity index (χ0n) is 12.4. The summed E-state index contributed by atoms with van der Waals surface area (Å²) in [6.45, 7) is 0. The second-order valence-electron chi connectivity index (χ2n) is 4.82. The molecule has 1 aromatic carbocycles. The number of nitrogens with zero attached hydrogens (tertiary/aromatic N) is 4. The van der Waals surface area contributed by atoms with Gasteiger partial charge in [0.05, 0.1) is 7.11 Å². The van der Waals surface area contributed by atoms with Gasteiger partial charge in [-0.1, -0.05) is 22.0 Å². The molecule has 0 aliphatic rings. The van der Waals surface area contributed by atoms with Crippen LogP contribution in [0.3, 0.4) is 0 Å².